The Labute approximate surface area is 104 Å². The zero-order chi connectivity index (χ0) is 13.3. The number of fused-ring (bicyclic) bond motifs is 1. The van der Waals surface area contributed by atoms with Crippen LogP contribution in [0.25, 0.3) is 11.2 Å². The van der Waals surface area contributed by atoms with Gasteiger partial charge in [0.05, 0.1) is 0 Å². The fraction of sp³-hybridized carbons (Fsp3) is 0.333. The molecule has 2 rings (SSSR count). The number of aromatic nitrogens is 3. The van der Waals surface area contributed by atoms with Crippen molar-refractivity contribution in [3.8, 4) is 0 Å². The van der Waals surface area contributed by atoms with Crippen molar-refractivity contribution >= 4 is 17.1 Å². The van der Waals surface area contributed by atoms with Crippen molar-refractivity contribution in [2.24, 2.45) is 7.05 Å². The number of aryl methyl sites for hydroxylation is 1. The minimum absolute atomic E-state index is 0.0476. The molecule has 2 aromatic rings. The van der Waals surface area contributed by atoms with Crippen LogP contribution < -0.4 is 10.9 Å². The topological polar surface area (TPSA) is 76.9 Å². The van der Waals surface area contributed by atoms with Gasteiger partial charge in [-0.15, -0.1) is 0 Å². The third-order valence-corrected chi connectivity index (χ3v) is 2.46. The highest BCUT2D eigenvalue weighted by atomic mass is 16.2. The highest BCUT2D eigenvalue weighted by molar-refractivity contribution is 5.93. The summed E-state index contributed by atoms with van der Waals surface area (Å²) in [5, 5.41) is 2.66. The number of pyridine rings is 1. The van der Waals surface area contributed by atoms with Crippen LogP contribution in [0.2, 0.25) is 0 Å². The lowest BCUT2D eigenvalue weighted by molar-refractivity contribution is 0.0936. The van der Waals surface area contributed by atoms with E-state index in [-0.39, 0.29) is 11.7 Å². The molecular weight excluding hydrogens is 232 g/mol. The van der Waals surface area contributed by atoms with Crippen LogP contribution in [0, 0.1) is 0 Å². The Kier molecular flexibility index (Phi) is 3.10. The van der Waals surface area contributed by atoms with Crippen molar-refractivity contribution in [2.45, 2.75) is 19.9 Å². The van der Waals surface area contributed by atoms with Crippen molar-refractivity contribution in [3.63, 3.8) is 0 Å². The van der Waals surface area contributed by atoms with Crippen LogP contribution in [0.3, 0.4) is 0 Å². The molecule has 2 aromatic heterocycles. The normalized spacial score (nSPS) is 10.9. The van der Waals surface area contributed by atoms with Crippen LogP contribution in [-0.2, 0) is 7.05 Å². The molecule has 0 spiro atoms. The van der Waals surface area contributed by atoms with Gasteiger partial charge in [0, 0.05) is 19.3 Å². The molecule has 0 fully saturated rings. The molecule has 0 unspecified atom stereocenters. The number of amides is 1. The first-order valence-corrected chi connectivity index (χ1v) is 5.63. The summed E-state index contributed by atoms with van der Waals surface area (Å²) in [7, 11) is 1.57. The zero-order valence-electron chi connectivity index (χ0n) is 10.5. The molecule has 1 amide bonds. The molecule has 18 heavy (non-hydrogen) atoms. The van der Waals surface area contributed by atoms with E-state index >= 15 is 0 Å². The molecule has 0 saturated carbocycles. The van der Waals surface area contributed by atoms with Gasteiger partial charge in [0.2, 0.25) is 0 Å². The Bertz CT molecular complexity index is 661. The van der Waals surface area contributed by atoms with E-state index in [9.17, 15) is 9.59 Å². The molecule has 0 aromatic carbocycles. The van der Waals surface area contributed by atoms with Crippen molar-refractivity contribution in [1.29, 1.82) is 0 Å². The van der Waals surface area contributed by atoms with E-state index in [1.165, 1.54) is 4.57 Å². The van der Waals surface area contributed by atoms with Crippen LogP contribution in [0.1, 0.15) is 24.3 Å². The first-order chi connectivity index (χ1) is 8.50. The van der Waals surface area contributed by atoms with Gasteiger partial charge in [-0.25, -0.2) is 9.97 Å². The first-order valence-electron chi connectivity index (χ1n) is 5.63. The van der Waals surface area contributed by atoms with Gasteiger partial charge >= 0.3 is 0 Å². The molecule has 0 bridgehead atoms. The number of carbonyl (C=O) groups excluding carboxylic acids is 1. The van der Waals surface area contributed by atoms with Gasteiger partial charge in [0.1, 0.15) is 5.52 Å². The highest BCUT2D eigenvalue weighted by Crippen LogP contribution is 2.05. The molecule has 0 radical (unpaired) electrons. The number of nitrogens with zero attached hydrogens (tertiary/aromatic N) is 3. The smallest absolute Gasteiger partial charge is 0.283 e. The number of hydrogen-bond donors (Lipinski definition) is 1. The summed E-state index contributed by atoms with van der Waals surface area (Å²) in [5.41, 5.74) is 0.433. The van der Waals surface area contributed by atoms with Crippen LogP contribution >= 0.6 is 0 Å². The van der Waals surface area contributed by atoms with Gasteiger partial charge < -0.3 is 5.32 Å². The van der Waals surface area contributed by atoms with Crippen molar-refractivity contribution < 1.29 is 4.79 Å². The maximum absolute atomic E-state index is 12.0. The number of rotatable bonds is 2. The zero-order valence-corrected chi connectivity index (χ0v) is 10.5. The number of carbonyl (C=O) groups is 1. The van der Waals surface area contributed by atoms with E-state index in [1.807, 2.05) is 13.8 Å². The summed E-state index contributed by atoms with van der Waals surface area (Å²) in [6, 6.07) is 3.38. The van der Waals surface area contributed by atoms with E-state index in [0.29, 0.717) is 11.2 Å². The van der Waals surface area contributed by atoms with Gasteiger partial charge in [0.25, 0.3) is 11.5 Å². The minimum Gasteiger partial charge on any atom is -0.348 e. The average molecular weight is 246 g/mol. The monoisotopic (exact) mass is 246 g/mol. The quantitative estimate of drug-likeness (QED) is 0.835. The summed E-state index contributed by atoms with van der Waals surface area (Å²) in [5.74, 6) is -0.462. The predicted molar refractivity (Wildman–Crippen MR) is 67.4 cm³/mol. The van der Waals surface area contributed by atoms with Crippen LogP contribution in [0.4, 0.5) is 0 Å². The lowest BCUT2D eigenvalue weighted by Crippen LogP contribution is -2.37. The van der Waals surface area contributed by atoms with Gasteiger partial charge in [-0.2, -0.15) is 0 Å². The van der Waals surface area contributed by atoms with Gasteiger partial charge in [-0.05, 0) is 26.0 Å². The second-order valence-electron chi connectivity index (χ2n) is 4.30. The second-order valence-corrected chi connectivity index (χ2v) is 4.30. The molecule has 0 saturated heterocycles. The SMILES string of the molecule is CC(C)NC(=O)c1nc2cccnc2n(C)c1=O. The molecule has 0 aliphatic carbocycles. The highest BCUT2D eigenvalue weighted by Gasteiger charge is 2.16. The van der Waals surface area contributed by atoms with E-state index < -0.39 is 11.5 Å². The van der Waals surface area contributed by atoms with Gasteiger partial charge in [-0.1, -0.05) is 0 Å². The Morgan fingerprint density at radius 3 is 2.83 bits per heavy atom. The molecule has 0 atom stereocenters. The van der Waals surface area contributed by atoms with Crippen molar-refractivity contribution in [1.82, 2.24) is 19.9 Å². The summed E-state index contributed by atoms with van der Waals surface area (Å²) < 4.78 is 1.33. The Morgan fingerprint density at radius 2 is 2.17 bits per heavy atom. The van der Waals surface area contributed by atoms with E-state index in [1.54, 1.807) is 25.4 Å². The Balaban J connectivity index is 2.62. The number of hydrogen-bond acceptors (Lipinski definition) is 4. The van der Waals surface area contributed by atoms with Gasteiger partial charge in [0.15, 0.2) is 11.3 Å². The fourth-order valence-electron chi connectivity index (χ4n) is 1.64. The third-order valence-electron chi connectivity index (χ3n) is 2.46. The van der Waals surface area contributed by atoms with Crippen molar-refractivity contribution in [2.75, 3.05) is 0 Å². The van der Waals surface area contributed by atoms with E-state index in [0.717, 1.165) is 0 Å². The average Bonchev–Trinajstić information content (AvgIpc) is 2.33. The van der Waals surface area contributed by atoms with Gasteiger partial charge in [-0.3, -0.25) is 14.2 Å². The lowest BCUT2D eigenvalue weighted by Gasteiger charge is -2.09. The van der Waals surface area contributed by atoms with Crippen molar-refractivity contribution in [3.05, 3.63) is 34.4 Å². The minimum atomic E-state index is -0.462. The molecule has 6 heteroatoms. The third kappa shape index (κ3) is 2.09. The predicted octanol–water partition coefficient (Wildman–Crippen LogP) is 0.467. The standard InChI is InChI=1S/C12H14N4O2/c1-7(2)14-11(17)9-12(18)16(3)10-8(15-9)5-4-6-13-10/h4-7H,1-3H3,(H,14,17). The van der Waals surface area contributed by atoms with Crippen LogP contribution in [0.5, 0.6) is 0 Å². The molecule has 0 aliphatic heterocycles. The maximum Gasteiger partial charge on any atom is 0.283 e. The summed E-state index contributed by atoms with van der Waals surface area (Å²) >= 11 is 0. The molecule has 0 aliphatic rings. The molecular formula is C12H14N4O2. The molecule has 6 nitrogen and oxygen atoms in total. The maximum atomic E-state index is 12.0. The summed E-state index contributed by atoms with van der Waals surface area (Å²) in [6.07, 6.45) is 1.58. The second kappa shape index (κ2) is 4.56. The molecule has 1 N–H and O–H groups in total. The Hall–Kier alpha value is -2.24. The molecule has 2 heterocycles. The first kappa shape index (κ1) is 12.2. The fourth-order valence-corrected chi connectivity index (χ4v) is 1.64. The van der Waals surface area contributed by atoms with E-state index in [4.69, 9.17) is 0 Å². The van der Waals surface area contributed by atoms with E-state index in [2.05, 4.69) is 15.3 Å². The van der Waals surface area contributed by atoms with Crippen LogP contribution in [0.15, 0.2) is 23.1 Å². The largest absolute Gasteiger partial charge is 0.348 e. The summed E-state index contributed by atoms with van der Waals surface area (Å²) in [4.78, 5) is 32.0. The summed E-state index contributed by atoms with van der Waals surface area (Å²) in [6.45, 7) is 3.65. The lowest BCUT2D eigenvalue weighted by atomic mass is 10.3. The number of nitrogens with one attached hydrogen (secondary N) is 1. The Morgan fingerprint density at radius 1 is 1.44 bits per heavy atom. The van der Waals surface area contributed by atoms with Crippen LogP contribution in [-0.4, -0.2) is 26.5 Å². The molecule has 94 valence electrons.